The van der Waals surface area contributed by atoms with Gasteiger partial charge in [0.15, 0.2) is 0 Å². The predicted molar refractivity (Wildman–Crippen MR) is 47.0 cm³/mol. The molecule has 1 aliphatic rings. The van der Waals surface area contributed by atoms with Gasteiger partial charge in [-0.25, -0.2) is 0 Å². The lowest BCUT2D eigenvalue weighted by molar-refractivity contribution is -0.311. The van der Waals surface area contributed by atoms with Crippen molar-refractivity contribution in [1.82, 2.24) is 0 Å². The van der Waals surface area contributed by atoms with Gasteiger partial charge in [0.05, 0.1) is 0 Å². The molecule has 1 aromatic carbocycles. The molecule has 1 unspecified atom stereocenters. The lowest BCUT2D eigenvalue weighted by atomic mass is 9.84. The Balaban J connectivity index is 2.24. The average molecular weight is 175 g/mol. The molecule has 0 amide bonds. The molecule has 0 radical (unpaired) electrons. The molecular formula is C11H11O2-. The minimum atomic E-state index is -0.908. The average Bonchev–Trinajstić information content (AvgIpc) is 2.17. The Labute approximate surface area is 77.2 Å². The van der Waals surface area contributed by atoms with E-state index in [4.69, 9.17) is 0 Å². The third kappa shape index (κ3) is 1.57. The molecule has 0 N–H and O–H groups in total. The van der Waals surface area contributed by atoms with Crippen molar-refractivity contribution < 1.29 is 9.90 Å². The van der Waals surface area contributed by atoms with Crippen LogP contribution in [0.4, 0.5) is 0 Å². The first-order valence-corrected chi connectivity index (χ1v) is 4.55. The summed E-state index contributed by atoms with van der Waals surface area (Å²) in [5.41, 5.74) is 2.46. The van der Waals surface area contributed by atoms with E-state index >= 15 is 0 Å². The highest BCUT2D eigenvalue weighted by molar-refractivity contribution is 5.68. The number of carboxylic acid groups (broad SMARTS) is 1. The second-order valence-electron chi connectivity index (χ2n) is 3.53. The van der Waals surface area contributed by atoms with E-state index in [2.05, 4.69) is 6.07 Å². The minimum absolute atomic E-state index is 0.283. The zero-order valence-corrected chi connectivity index (χ0v) is 7.32. The summed E-state index contributed by atoms with van der Waals surface area (Å²) in [6, 6.07) is 8.03. The number of rotatable bonds is 1. The molecule has 0 heterocycles. The van der Waals surface area contributed by atoms with Crippen LogP contribution in [0.3, 0.4) is 0 Å². The van der Waals surface area contributed by atoms with Gasteiger partial charge in [-0.05, 0) is 30.4 Å². The largest absolute Gasteiger partial charge is 0.550 e. The van der Waals surface area contributed by atoms with Crippen molar-refractivity contribution in [3.05, 3.63) is 35.4 Å². The van der Waals surface area contributed by atoms with E-state index in [1.54, 1.807) is 0 Å². The Morgan fingerprint density at radius 2 is 2.00 bits per heavy atom. The molecule has 2 heteroatoms. The molecule has 2 nitrogen and oxygen atoms in total. The number of carbonyl (C=O) groups excluding carboxylic acids is 1. The van der Waals surface area contributed by atoms with Gasteiger partial charge >= 0.3 is 0 Å². The van der Waals surface area contributed by atoms with E-state index in [0.29, 0.717) is 6.42 Å². The molecular weight excluding hydrogens is 164 g/mol. The number of aryl methyl sites for hydroxylation is 1. The fourth-order valence-corrected chi connectivity index (χ4v) is 1.90. The maximum absolute atomic E-state index is 10.7. The van der Waals surface area contributed by atoms with Crippen LogP contribution in [0.1, 0.15) is 17.5 Å². The van der Waals surface area contributed by atoms with E-state index in [0.717, 1.165) is 12.8 Å². The van der Waals surface area contributed by atoms with Crippen LogP contribution in [-0.4, -0.2) is 5.97 Å². The maximum Gasteiger partial charge on any atom is 0.0448 e. The molecule has 0 saturated heterocycles. The molecule has 0 aliphatic heterocycles. The summed E-state index contributed by atoms with van der Waals surface area (Å²) in [5, 5.41) is 10.7. The smallest absolute Gasteiger partial charge is 0.0448 e. The number of benzene rings is 1. The van der Waals surface area contributed by atoms with Gasteiger partial charge in [0, 0.05) is 11.9 Å². The third-order valence-electron chi connectivity index (χ3n) is 2.68. The number of fused-ring (bicyclic) bond motifs is 1. The Morgan fingerprint density at radius 1 is 1.31 bits per heavy atom. The Bertz CT molecular complexity index is 331. The summed E-state index contributed by atoms with van der Waals surface area (Å²) in [6.45, 7) is 0. The van der Waals surface area contributed by atoms with Crippen molar-refractivity contribution in [2.75, 3.05) is 0 Å². The van der Waals surface area contributed by atoms with Crippen LogP contribution in [0.15, 0.2) is 24.3 Å². The van der Waals surface area contributed by atoms with Crippen LogP contribution in [0.2, 0.25) is 0 Å². The number of hydrogen-bond donors (Lipinski definition) is 0. The highest BCUT2D eigenvalue weighted by Crippen LogP contribution is 2.24. The number of hydrogen-bond acceptors (Lipinski definition) is 2. The highest BCUT2D eigenvalue weighted by atomic mass is 16.4. The normalized spacial score (nSPS) is 20.8. The fraction of sp³-hybridized carbons (Fsp3) is 0.364. The van der Waals surface area contributed by atoms with Gasteiger partial charge in [0.25, 0.3) is 0 Å². The summed E-state index contributed by atoms with van der Waals surface area (Å²) < 4.78 is 0. The van der Waals surface area contributed by atoms with Crippen molar-refractivity contribution in [2.45, 2.75) is 19.3 Å². The van der Waals surface area contributed by atoms with Gasteiger partial charge in [0.2, 0.25) is 0 Å². The molecule has 1 aliphatic carbocycles. The molecule has 0 bridgehead atoms. The highest BCUT2D eigenvalue weighted by Gasteiger charge is 2.18. The van der Waals surface area contributed by atoms with Gasteiger partial charge < -0.3 is 9.90 Å². The molecule has 0 spiro atoms. The van der Waals surface area contributed by atoms with E-state index in [9.17, 15) is 9.90 Å². The van der Waals surface area contributed by atoms with Gasteiger partial charge in [-0.2, -0.15) is 0 Å². The summed E-state index contributed by atoms with van der Waals surface area (Å²) in [7, 11) is 0. The zero-order valence-electron chi connectivity index (χ0n) is 7.32. The van der Waals surface area contributed by atoms with E-state index in [-0.39, 0.29) is 5.92 Å². The minimum Gasteiger partial charge on any atom is -0.550 e. The van der Waals surface area contributed by atoms with E-state index < -0.39 is 5.97 Å². The third-order valence-corrected chi connectivity index (χ3v) is 2.68. The van der Waals surface area contributed by atoms with Crippen molar-refractivity contribution in [3.63, 3.8) is 0 Å². The molecule has 1 atom stereocenters. The summed E-state index contributed by atoms with van der Waals surface area (Å²) in [6.07, 6.45) is 2.23. The molecule has 0 fully saturated rings. The van der Waals surface area contributed by atoms with Gasteiger partial charge in [-0.3, -0.25) is 0 Å². The van der Waals surface area contributed by atoms with Crippen LogP contribution in [0, 0.1) is 5.92 Å². The van der Waals surface area contributed by atoms with Crippen LogP contribution in [0.25, 0.3) is 0 Å². The summed E-state index contributed by atoms with van der Waals surface area (Å²) in [5.74, 6) is -1.19. The predicted octanol–water partition coefficient (Wildman–Crippen LogP) is 0.541. The fourth-order valence-electron chi connectivity index (χ4n) is 1.90. The van der Waals surface area contributed by atoms with Gasteiger partial charge in [-0.1, -0.05) is 24.3 Å². The van der Waals surface area contributed by atoms with Crippen molar-refractivity contribution in [3.8, 4) is 0 Å². The van der Waals surface area contributed by atoms with Crippen LogP contribution >= 0.6 is 0 Å². The van der Waals surface area contributed by atoms with E-state index in [1.807, 2.05) is 18.2 Å². The Kier molecular flexibility index (Phi) is 2.05. The standard InChI is InChI=1S/C11H12O2/c12-11(13)10-6-5-8-3-1-2-4-9(8)7-10/h1-4,10H,5-7H2,(H,12,13)/p-1. The molecule has 0 saturated carbocycles. The molecule has 2 rings (SSSR count). The molecule has 13 heavy (non-hydrogen) atoms. The Hall–Kier alpha value is -1.31. The topological polar surface area (TPSA) is 40.1 Å². The Morgan fingerprint density at radius 3 is 2.69 bits per heavy atom. The molecule has 0 aromatic heterocycles. The SMILES string of the molecule is O=C([O-])C1CCc2ccccc2C1. The quantitative estimate of drug-likeness (QED) is 0.625. The number of carboxylic acids is 1. The monoisotopic (exact) mass is 175 g/mol. The second kappa shape index (κ2) is 3.21. The van der Waals surface area contributed by atoms with Gasteiger partial charge in [0.1, 0.15) is 0 Å². The lowest BCUT2D eigenvalue weighted by Gasteiger charge is -2.24. The molecule has 1 aromatic rings. The second-order valence-corrected chi connectivity index (χ2v) is 3.53. The first-order valence-electron chi connectivity index (χ1n) is 4.55. The first kappa shape index (κ1) is 8.30. The van der Waals surface area contributed by atoms with Crippen LogP contribution < -0.4 is 5.11 Å². The van der Waals surface area contributed by atoms with Gasteiger partial charge in [-0.15, -0.1) is 0 Å². The zero-order chi connectivity index (χ0) is 9.26. The van der Waals surface area contributed by atoms with Crippen LogP contribution in [0.5, 0.6) is 0 Å². The van der Waals surface area contributed by atoms with Crippen molar-refractivity contribution >= 4 is 5.97 Å². The number of aliphatic carboxylic acids is 1. The first-order chi connectivity index (χ1) is 6.27. The number of carbonyl (C=O) groups is 1. The summed E-state index contributed by atoms with van der Waals surface area (Å²) >= 11 is 0. The lowest BCUT2D eigenvalue weighted by Crippen LogP contribution is -2.34. The van der Waals surface area contributed by atoms with Crippen molar-refractivity contribution in [2.24, 2.45) is 5.92 Å². The molecule has 68 valence electrons. The van der Waals surface area contributed by atoms with Crippen LogP contribution in [-0.2, 0) is 17.6 Å². The van der Waals surface area contributed by atoms with E-state index in [1.165, 1.54) is 11.1 Å². The summed E-state index contributed by atoms with van der Waals surface area (Å²) in [4.78, 5) is 10.7. The maximum atomic E-state index is 10.7. The van der Waals surface area contributed by atoms with Crippen molar-refractivity contribution in [1.29, 1.82) is 0 Å².